The number of hydrogen-bond acceptors (Lipinski definition) is 1. The number of rotatable bonds is 7. The largest absolute Gasteiger partial charge is 0.380 e. The van der Waals surface area contributed by atoms with Crippen molar-refractivity contribution in [3.8, 4) is 11.1 Å². The zero-order valence-corrected chi connectivity index (χ0v) is 15.7. The Morgan fingerprint density at radius 1 is 0.923 bits per heavy atom. The molecule has 1 aliphatic carbocycles. The maximum atomic E-state index is 12.1. The van der Waals surface area contributed by atoms with E-state index in [2.05, 4.69) is 48.5 Å². The fourth-order valence-corrected chi connectivity index (χ4v) is 4.09. The SMILES string of the molecule is COCc1ccc(-c2ccc([C@H]3CC[C@H](CCC=CF)CC3)cc2)cc1. The normalized spacial score (nSPS) is 20.5. The number of allylic oxidation sites excluding steroid dienone is 1. The summed E-state index contributed by atoms with van der Waals surface area (Å²) in [5.74, 6) is 1.45. The van der Waals surface area contributed by atoms with Crippen LogP contribution in [-0.2, 0) is 11.3 Å². The van der Waals surface area contributed by atoms with Gasteiger partial charge >= 0.3 is 0 Å². The molecule has 0 bridgehead atoms. The van der Waals surface area contributed by atoms with E-state index in [0.29, 0.717) is 18.9 Å². The molecule has 1 aliphatic rings. The topological polar surface area (TPSA) is 9.23 Å². The van der Waals surface area contributed by atoms with Crippen molar-refractivity contribution in [2.75, 3.05) is 7.11 Å². The van der Waals surface area contributed by atoms with Gasteiger partial charge in [0.15, 0.2) is 0 Å². The maximum Gasteiger partial charge on any atom is 0.0827 e. The molecule has 0 N–H and O–H groups in total. The molecule has 138 valence electrons. The Kier molecular flexibility index (Phi) is 7.02. The van der Waals surface area contributed by atoms with Gasteiger partial charge in [-0.05, 0) is 72.6 Å². The molecule has 0 aromatic heterocycles. The molecule has 2 aromatic rings. The highest BCUT2D eigenvalue weighted by atomic mass is 19.1. The maximum absolute atomic E-state index is 12.1. The van der Waals surface area contributed by atoms with Crippen LogP contribution in [0.3, 0.4) is 0 Å². The summed E-state index contributed by atoms with van der Waals surface area (Å²) in [4.78, 5) is 0. The average molecular weight is 352 g/mol. The number of benzene rings is 2. The monoisotopic (exact) mass is 352 g/mol. The number of halogens is 1. The second kappa shape index (κ2) is 9.68. The van der Waals surface area contributed by atoms with Crippen LogP contribution in [-0.4, -0.2) is 7.11 Å². The fourth-order valence-electron chi connectivity index (χ4n) is 4.09. The summed E-state index contributed by atoms with van der Waals surface area (Å²) in [7, 11) is 1.72. The van der Waals surface area contributed by atoms with E-state index < -0.39 is 0 Å². The summed E-state index contributed by atoms with van der Waals surface area (Å²) in [6.07, 6.45) is 9.39. The van der Waals surface area contributed by atoms with Gasteiger partial charge in [0.2, 0.25) is 0 Å². The Bertz CT molecular complexity index is 679. The van der Waals surface area contributed by atoms with E-state index in [4.69, 9.17) is 4.74 Å². The molecule has 2 aromatic carbocycles. The fraction of sp³-hybridized carbons (Fsp3) is 0.417. The van der Waals surface area contributed by atoms with Crippen molar-refractivity contribution in [3.63, 3.8) is 0 Å². The van der Waals surface area contributed by atoms with Gasteiger partial charge in [-0.15, -0.1) is 0 Å². The first-order chi connectivity index (χ1) is 12.8. The van der Waals surface area contributed by atoms with E-state index in [1.165, 1.54) is 47.9 Å². The minimum Gasteiger partial charge on any atom is -0.380 e. The van der Waals surface area contributed by atoms with Gasteiger partial charge in [0.05, 0.1) is 12.9 Å². The minimum absolute atomic E-state index is 0.659. The Hall–Kier alpha value is -1.93. The van der Waals surface area contributed by atoms with Crippen LogP contribution in [0.2, 0.25) is 0 Å². The molecule has 1 fully saturated rings. The van der Waals surface area contributed by atoms with Crippen LogP contribution in [0.1, 0.15) is 55.6 Å². The second-order valence-electron chi connectivity index (χ2n) is 7.41. The van der Waals surface area contributed by atoms with Crippen molar-refractivity contribution in [1.82, 2.24) is 0 Å². The van der Waals surface area contributed by atoms with E-state index in [0.717, 1.165) is 18.8 Å². The van der Waals surface area contributed by atoms with Gasteiger partial charge in [-0.25, -0.2) is 4.39 Å². The van der Waals surface area contributed by atoms with E-state index in [-0.39, 0.29) is 0 Å². The van der Waals surface area contributed by atoms with Gasteiger partial charge in [0.1, 0.15) is 0 Å². The summed E-state index contributed by atoms with van der Waals surface area (Å²) in [6, 6.07) is 17.7. The molecule has 3 rings (SSSR count). The van der Waals surface area contributed by atoms with Crippen molar-refractivity contribution < 1.29 is 9.13 Å². The molecule has 1 nitrogen and oxygen atoms in total. The van der Waals surface area contributed by atoms with Crippen LogP contribution in [0.4, 0.5) is 4.39 Å². The molecule has 0 aliphatic heterocycles. The van der Waals surface area contributed by atoms with Crippen LogP contribution >= 0.6 is 0 Å². The van der Waals surface area contributed by atoms with E-state index in [9.17, 15) is 4.39 Å². The number of ether oxygens (including phenoxy) is 1. The predicted octanol–water partition coefficient (Wildman–Crippen LogP) is 7.04. The van der Waals surface area contributed by atoms with Gasteiger partial charge in [-0.3, -0.25) is 0 Å². The highest BCUT2D eigenvalue weighted by Gasteiger charge is 2.21. The highest BCUT2D eigenvalue weighted by Crippen LogP contribution is 2.38. The summed E-state index contributed by atoms with van der Waals surface area (Å²) in [6.45, 7) is 0.659. The minimum atomic E-state index is 0.659. The molecule has 0 saturated heterocycles. The van der Waals surface area contributed by atoms with Crippen molar-refractivity contribution in [1.29, 1.82) is 0 Å². The molecule has 0 spiro atoms. The van der Waals surface area contributed by atoms with Crippen LogP contribution in [0, 0.1) is 5.92 Å². The molecule has 0 amide bonds. The highest BCUT2D eigenvalue weighted by molar-refractivity contribution is 5.64. The predicted molar refractivity (Wildman–Crippen MR) is 107 cm³/mol. The number of methoxy groups -OCH3 is 1. The van der Waals surface area contributed by atoms with E-state index >= 15 is 0 Å². The van der Waals surface area contributed by atoms with Crippen LogP contribution in [0.25, 0.3) is 11.1 Å². The van der Waals surface area contributed by atoms with Gasteiger partial charge in [-0.2, -0.15) is 0 Å². The first-order valence-electron chi connectivity index (χ1n) is 9.73. The molecule has 26 heavy (non-hydrogen) atoms. The van der Waals surface area contributed by atoms with Crippen LogP contribution < -0.4 is 0 Å². The van der Waals surface area contributed by atoms with Gasteiger partial charge in [0, 0.05) is 7.11 Å². The smallest absolute Gasteiger partial charge is 0.0827 e. The second-order valence-corrected chi connectivity index (χ2v) is 7.41. The van der Waals surface area contributed by atoms with Crippen molar-refractivity contribution >= 4 is 0 Å². The Labute approximate surface area is 156 Å². The third-order valence-electron chi connectivity index (χ3n) is 5.66. The zero-order valence-electron chi connectivity index (χ0n) is 15.7. The third-order valence-corrected chi connectivity index (χ3v) is 5.66. The van der Waals surface area contributed by atoms with Crippen LogP contribution in [0.5, 0.6) is 0 Å². The standard InChI is InChI=1S/C24H29FO/c1-26-18-20-7-11-22(12-8-20)24-15-13-23(14-16-24)21-9-5-19(6-10-21)4-2-3-17-25/h3,7-8,11-17,19,21H,2,4-6,9-10,18H2,1H3/t19-,21-. The van der Waals surface area contributed by atoms with Crippen molar-refractivity contribution in [2.24, 2.45) is 5.92 Å². The molecule has 0 radical (unpaired) electrons. The van der Waals surface area contributed by atoms with Gasteiger partial charge < -0.3 is 4.74 Å². The number of hydrogen-bond donors (Lipinski definition) is 0. The average Bonchev–Trinajstić information content (AvgIpc) is 2.70. The lowest BCUT2D eigenvalue weighted by atomic mass is 9.77. The molecular formula is C24H29FO. The Morgan fingerprint density at radius 2 is 1.54 bits per heavy atom. The summed E-state index contributed by atoms with van der Waals surface area (Å²) < 4.78 is 17.2. The molecular weight excluding hydrogens is 323 g/mol. The summed E-state index contributed by atoms with van der Waals surface area (Å²) >= 11 is 0. The van der Waals surface area contributed by atoms with Crippen LogP contribution in [0.15, 0.2) is 60.9 Å². The molecule has 0 heterocycles. The first-order valence-corrected chi connectivity index (χ1v) is 9.73. The summed E-state index contributed by atoms with van der Waals surface area (Å²) in [5, 5.41) is 0. The Morgan fingerprint density at radius 3 is 2.12 bits per heavy atom. The third kappa shape index (κ3) is 5.04. The lowest BCUT2D eigenvalue weighted by Crippen LogP contribution is -2.13. The first kappa shape index (κ1) is 18.8. The van der Waals surface area contributed by atoms with Gasteiger partial charge in [-0.1, -0.05) is 54.6 Å². The van der Waals surface area contributed by atoms with Gasteiger partial charge in [0.25, 0.3) is 0 Å². The summed E-state index contributed by atoms with van der Waals surface area (Å²) in [5.41, 5.74) is 5.18. The van der Waals surface area contributed by atoms with Crippen molar-refractivity contribution in [3.05, 3.63) is 72.1 Å². The van der Waals surface area contributed by atoms with Crippen molar-refractivity contribution in [2.45, 2.75) is 51.0 Å². The van der Waals surface area contributed by atoms with E-state index in [1.807, 2.05) is 0 Å². The quantitative estimate of drug-likeness (QED) is 0.519. The molecule has 0 unspecified atom stereocenters. The molecule has 1 saturated carbocycles. The lowest BCUT2D eigenvalue weighted by molar-refractivity contribution is 0.185. The molecule has 2 heteroatoms. The van der Waals surface area contributed by atoms with E-state index in [1.54, 1.807) is 13.2 Å². The molecule has 0 atom stereocenters. The zero-order chi connectivity index (χ0) is 18.2. The lowest BCUT2D eigenvalue weighted by Gasteiger charge is -2.28. The Balaban J connectivity index is 1.56.